The topological polar surface area (TPSA) is 15.3 Å². The molecule has 3 rings (SSSR count). The lowest BCUT2D eigenvalue weighted by molar-refractivity contribution is 0.0208. The van der Waals surface area contributed by atoms with E-state index < -0.39 is 0 Å². The first kappa shape index (κ1) is 13.9. The first-order valence-electron chi connectivity index (χ1n) is 8.68. The van der Waals surface area contributed by atoms with Crippen molar-refractivity contribution in [2.75, 3.05) is 19.6 Å². The molecular formula is C17H32N2. The molecule has 0 radical (unpaired) electrons. The number of rotatable bonds is 3. The van der Waals surface area contributed by atoms with Crippen LogP contribution in [0.5, 0.6) is 0 Å². The average molecular weight is 264 g/mol. The number of hydrogen-bond acceptors (Lipinski definition) is 2. The SMILES string of the molecule is CC(C)C1CN(CC2CCCC2)C2(CCCC2)CN1. The van der Waals surface area contributed by atoms with E-state index in [4.69, 9.17) is 0 Å². The fourth-order valence-corrected chi connectivity index (χ4v) is 4.67. The molecule has 1 unspecified atom stereocenters. The molecule has 1 atom stereocenters. The van der Waals surface area contributed by atoms with Crippen LogP contribution < -0.4 is 5.32 Å². The van der Waals surface area contributed by atoms with Crippen LogP contribution in [0.4, 0.5) is 0 Å². The third kappa shape index (κ3) is 2.85. The Hall–Kier alpha value is -0.0800. The van der Waals surface area contributed by atoms with Crippen molar-refractivity contribution in [3.8, 4) is 0 Å². The predicted molar refractivity (Wildman–Crippen MR) is 81.4 cm³/mol. The Morgan fingerprint density at radius 3 is 2.42 bits per heavy atom. The average Bonchev–Trinajstić information content (AvgIpc) is 3.04. The Balaban J connectivity index is 1.69. The van der Waals surface area contributed by atoms with E-state index in [0.29, 0.717) is 11.6 Å². The molecule has 2 aliphatic carbocycles. The second-order valence-corrected chi connectivity index (χ2v) is 7.72. The Labute approximate surface area is 119 Å². The Morgan fingerprint density at radius 2 is 1.79 bits per heavy atom. The number of nitrogens with one attached hydrogen (secondary N) is 1. The summed E-state index contributed by atoms with van der Waals surface area (Å²) in [7, 11) is 0. The molecule has 0 amide bonds. The van der Waals surface area contributed by atoms with Gasteiger partial charge in [0.15, 0.2) is 0 Å². The van der Waals surface area contributed by atoms with Crippen LogP contribution in [0, 0.1) is 11.8 Å². The summed E-state index contributed by atoms with van der Waals surface area (Å²) in [5.41, 5.74) is 0.536. The van der Waals surface area contributed by atoms with E-state index in [9.17, 15) is 0 Å². The van der Waals surface area contributed by atoms with Crippen LogP contribution >= 0.6 is 0 Å². The first-order chi connectivity index (χ1) is 9.20. The standard InChI is InChI=1S/C17H32N2/c1-14(2)16-12-19(11-15-7-3-4-8-15)17(13-18-16)9-5-6-10-17/h14-16,18H,3-13H2,1-2H3. The molecule has 2 nitrogen and oxygen atoms in total. The van der Waals surface area contributed by atoms with E-state index in [1.54, 1.807) is 0 Å². The molecule has 0 aromatic carbocycles. The minimum atomic E-state index is 0.536. The molecule has 1 saturated heterocycles. The normalized spacial score (nSPS) is 32.7. The van der Waals surface area contributed by atoms with Gasteiger partial charge in [-0.25, -0.2) is 0 Å². The lowest BCUT2D eigenvalue weighted by Gasteiger charge is -2.50. The molecule has 1 N–H and O–H groups in total. The first-order valence-corrected chi connectivity index (χ1v) is 8.68. The molecule has 1 aliphatic heterocycles. The van der Waals surface area contributed by atoms with Crippen LogP contribution in [-0.2, 0) is 0 Å². The predicted octanol–water partition coefficient (Wildman–Crippen LogP) is 3.42. The Kier molecular flexibility index (Phi) is 4.19. The van der Waals surface area contributed by atoms with Crippen LogP contribution in [0.1, 0.15) is 65.2 Å². The maximum Gasteiger partial charge on any atom is 0.0334 e. The van der Waals surface area contributed by atoms with E-state index in [1.165, 1.54) is 71.0 Å². The summed E-state index contributed by atoms with van der Waals surface area (Å²) in [6, 6.07) is 0.715. The molecular weight excluding hydrogens is 232 g/mol. The highest BCUT2D eigenvalue weighted by Gasteiger charge is 2.44. The van der Waals surface area contributed by atoms with Gasteiger partial charge in [-0.15, -0.1) is 0 Å². The largest absolute Gasteiger partial charge is 0.311 e. The zero-order valence-corrected chi connectivity index (χ0v) is 13.0. The van der Waals surface area contributed by atoms with E-state index in [-0.39, 0.29) is 0 Å². The summed E-state index contributed by atoms with van der Waals surface area (Å²) < 4.78 is 0. The van der Waals surface area contributed by atoms with Crippen LogP contribution in [0.2, 0.25) is 0 Å². The lowest BCUT2D eigenvalue weighted by atomic mass is 9.87. The molecule has 0 aromatic rings. The second kappa shape index (κ2) is 5.73. The highest BCUT2D eigenvalue weighted by molar-refractivity contribution is 5.02. The molecule has 0 bridgehead atoms. The highest BCUT2D eigenvalue weighted by atomic mass is 15.3. The molecule has 1 heterocycles. The van der Waals surface area contributed by atoms with Gasteiger partial charge in [0, 0.05) is 31.2 Å². The fraction of sp³-hybridized carbons (Fsp3) is 1.00. The van der Waals surface area contributed by atoms with E-state index in [1.807, 2.05) is 0 Å². The summed E-state index contributed by atoms with van der Waals surface area (Å²) in [4.78, 5) is 2.93. The third-order valence-electron chi connectivity index (χ3n) is 6.07. The molecule has 1 spiro atoms. The number of hydrogen-bond donors (Lipinski definition) is 1. The van der Waals surface area contributed by atoms with Crippen molar-refractivity contribution in [3.63, 3.8) is 0 Å². The van der Waals surface area contributed by atoms with Crippen molar-refractivity contribution < 1.29 is 0 Å². The molecule has 19 heavy (non-hydrogen) atoms. The van der Waals surface area contributed by atoms with Gasteiger partial charge in [0.2, 0.25) is 0 Å². The minimum absolute atomic E-state index is 0.536. The Morgan fingerprint density at radius 1 is 1.11 bits per heavy atom. The zero-order valence-electron chi connectivity index (χ0n) is 13.0. The van der Waals surface area contributed by atoms with Crippen molar-refractivity contribution in [3.05, 3.63) is 0 Å². The van der Waals surface area contributed by atoms with Crippen LogP contribution in [0.25, 0.3) is 0 Å². The van der Waals surface area contributed by atoms with Gasteiger partial charge in [0.1, 0.15) is 0 Å². The molecule has 3 fully saturated rings. The number of piperazine rings is 1. The van der Waals surface area contributed by atoms with Crippen molar-refractivity contribution in [1.82, 2.24) is 10.2 Å². The summed E-state index contributed by atoms with van der Waals surface area (Å²) in [5, 5.41) is 3.86. The summed E-state index contributed by atoms with van der Waals surface area (Å²) in [6.07, 6.45) is 11.7. The monoisotopic (exact) mass is 264 g/mol. The minimum Gasteiger partial charge on any atom is -0.311 e. The van der Waals surface area contributed by atoms with Crippen molar-refractivity contribution in [1.29, 1.82) is 0 Å². The van der Waals surface area contributed by atoms with Gasteiger partial charge in [-0.05, 0) is 37.5 Å². The second-order valence-electron chi connectivity index (χ2n) is 7.72. The van der Waals surface area contributed by atoms with Crippen LogP contribution in [-0.4, -0.2) is 36.1 Å². The smallest absolute Gasteiger partial charge is 0.0334 e. The van der Waals surface area contributed by atoms with E-state index in [0.717, 1.165) is 11.8 Å². The Bertz CT molecular complexity index is 286. The van der Waals surface area contributed by atoms with Crippen molar-refractivity contribution >= 4 is 0 Å². The van der Waals surface area contributed by atoms with Gasteiger partial charge < -0.3 is 5.32 Å². The van der Waals surface area contributed by atoms with Gasteiger partial charge in [-0.2, -0.15) is 0 Å². The van der Waals surface area contributed by atoms with Crippen LogP contribution in [0.3, 0.4) is 0 Å². The maximum atomic E-state index is 3.86. The molecule has 110 valence electrons. The summed E-state index contributed by atoms with van der Waals surface area (Å²) >= 11 is 0. The number of nitrogens with zero attached hydrogens (tertiary/aromatic N) is 1. The van der Waals surface area contributed by atoms with Crippen LogP contribution in [0.15, 0.2) is 0 Å². The lowest BCUT2D eigenvalue weighted by Crippen LogP contribution is -2.65. The molecule has 3 aliphatic rings. The quantitative estimate of drug-likeness (QED) is 0.840. The van der Waals surface area contributed by atoms with Crippen molar-refractivity contribution in [2.45, 2.75) is 76.8 Å². The van der Waals surface area contributed by atoms with E-state index in [2.05, 4.69) is 24.1 Å². The van der Waals surface area contributed by atoms with Crippen molar-refractivity contribution in [2.24, 2.45) is 11.8 Å². The summed E-state index contributed by atoms with van der Waals surface area (Å²) in [6.45, 7) is 8.69. The third-order valence-corrected chi connectivity index (χ3v) is 6.07. The van der Waals surface area contributed by atoms with Gasteiger partial charge >= 0.3 is 0 Å². The van der Waals surface area contributed by atoms with Gasteiger partial charge in [0.05, 0.1) is 0 Å². The zero-order chi connectivity index (χ0) is 13.3. The van der Waals surface area contributed by atoms with Gasteiger partial charge in [0.25, 0.3) is 0 Å². The highest BCUT2D eigenvalue weighted by Crippen LogP contribution is 2.39. The maximum absolute atomic E-state index is 3.86. The van der Waals surface area contributed by atoms with Gasteiger partial charge in [-0.1, -0.05) is 39.5 Å². The molecule has 2 heteroatoms. The van der Waals surface area contributed by atoms with E-state index >= 15 is 0 Å². The van der Waals surface area contributed by atoms with Gasteiger partial charge in [-0.3, -0.25) is 4.90 Å². The molecule has 0 aromatic heterocycles. The fourth-order valence-electron chi connectivity index (χ4n) is 4.67. The summed E-state index contributed by atoms with van der Waals surface area (Å²) in [5.74, 6) is 1.77. The molecule has 2 saturated carbocycles.